The average molecular weight is 511 g/mol. The standard InChI is InChI=1S/C25H23ClN4O6/c1-3-35-22-13-17(14-27-29-25(32)18-7-9-20(10-8-18)30(33)34)12-21(26)24(22)36-15-23(31)28-19-6-4-5-16(2)11-19/h4-14H,3,15H2,1-2H3,(H,28,31)(H,29,32)/b27-14+. The summed E-state index contributed by atoms with van der Waals surface area (Å²) in [7, 11) is 0. The van der Waals surface area contributed by atoms with Gasteiger partial charge in [-0.05, 0) is 61.4 Å². The highest BCUT2D eigenvalue weighted by Gasteiger charge is 2.15. The molecule has 36 heavy (non-hydrogen) atoms. The second-order valence-corrected chi connectivity index (χ2v) is 7.88. The van der Waals surface area contributed by atoms with Crippen molar-refractivity contribution in [3.63, 3.8) is 0 Å². The summed E-state index contributed by atoms with van der Waals surface area (Å²) < 4.78 is 11.2. The van der Waals surface area contributed by atoms with Crippen LogP contribution in [-0.2, 0) is 4.79 Å². The molecule has 10 nitrogen and oxygen atoms in total. The van der Waals surface area contributed by atoms with Crippen LogP contribution in [0.25, 0.3) is 0 Å². The lowest BCUT2D eigenvalue weighted by molar-refractivity contribution is -0.384. The minimum atomic E-state index is -0.552. The van der Waals surface area contributed by atoms with Crippen LogP contribution < -0.4 is 20.2 Å². The highest BCUT2D eigenvalue weighted by atomic mass is 35.5. The summed E-state index contributed by atoms with van der Waals surface area (Å²) in [5.74, 6) is -0.406. The first-order valence-corrected chi connectivity index (χ1v) is 11.2. The Morgan fingerprint density at radius 2 is 1.86 bits per heavy atom. The molecule has 0 fully saturated rings. The zero-order chi connectivity index (χ0) is 26.1. The monoisotopic (exact) mass is 510 g/mol. The topological polar surface area (TPSA) is 132 Å². The molecule has 0 heterocycles. The number of hydrazone groups is 1. The van der Waals surface area contributed by atoms with E-state index in [4.69, 9.17) is 21.1 Å². The number of nitro benzene ring substituents is 1. The van der Waals surface area contributed by atoms with Gasteiger partial charge in [-0.3, -0.25) is 19.7 Å². The molecule has 3 aromatic carbocycles. The summed E-state index contributed by atoms with van der Waals surface area (Å²) in [6.07, 6.45) is 1.35. The second-order valence-electron chi connectivity index (χ2n) is 7.47. The first-order chi connectivity index (χ1) is 17.3. The lowest BCUT2D eigenvalue weighted by Crippen LogP contribution is -2.20. The fourth-order valence-corrected chi connectivity index (χ4v) is 3.36. The Hall–Kier alpha value is -4.44. The molecule has 0 radical (unpaired) electrons. The van der Waals surface area contributed by atoms with E-state index >= 15 is 0 Å². The van der Waals surface area contributed by atoms with Gasteiger partial charge in [0, 0.05) is 23.4 Å². The van der Waals surface area contributed by atoms with Crippen LogP contribution in [0.2, 0.25) is 5.02 Å². The number of halogens is 1. The molecule has 0 aromatic heterocycles. The molecule has 0 atom stereocenters. The summed E-state index contributed by atoms with van der Waals surface area (Å²) in [6.45, 7) is 3.74. The van der Waals surface area contributed by atoms with E-state index < -0.39 is 10.8 Å². The van der Waals surface area contributed by atoms with Crippen LogP contribution in [0.15, 0.2) is 65.8 Å². The lowest BCUT2D eigenvalue weighted by atomic mass is 10.2. The van der Waals surface area contributed by atoms with Gasteiger partial charge in [0.05, 0.1) is 22.8 Å². The molecule has 3 rings (SSSR count). The molecule has 0 saturated carbocycles. The van der Waals surface area contributed by atoms with Crippen molar-refractivity contribution in [2.45, 2.75) is 13.8 Å². The average Bonchev–Trinajstić information content (AvgIpc) is 2.83. The molecule has 3 aromatic rings. The van der Waals surface area contributed by atoms with E-state index in [0.717, 1.165) is 5.56 Å². The van der Waals surface area contributed by atoms with Crippen molar-refractivity contribution in [2.75, 3.05) is 18.5 Å². The summed E-state index contributed by atoms with van der Waals surface area (Å²) in [4.78, 5) is 34.7. The van der Waals surface area contributed by atoms with Crippen LogP contribution in [0.5, 0.6) is 11.5 Å². The number of carbonyl (C=O) groups is 2. The molecule has 0 aliphatic carbocycles. The van der Waals surface area contributed by atoms with E-state index in [1.54, 1.807) is 25.1 Å². The molecular formula is C25H23ClN4O6. The molecular weight excluding hydrogens is 488 g/mol. The van der Waals surface area contributed by atoms with Crippen LogP contribution in [-0.4, -0.2) is 36.2 Å². The first-order valence-electron chi connectivity index (χ1n) is 10.8. The van der Waals surface area contributed by atoms with Crippen molar-refractivity contribution in [1.29, 1.82) is 0 Å². The number of rotatable bonds is 10. The summed E-state index contributed by atoms with van der Waals surface area (Å²) in [5.41, 5.74) is 4.60. The third kappa shape index (κ3) is 7.28. The van der Waals surface area contributed by atoms with Crippen molar-refractivity contribution in [3.05, 3.63) is 92.5 Å². The summed E-state index contributed by atoms with van der Waals surface area (Å²) in [6, 6.07) is 15.6. The predicted molar refractivity (Wildman–Crippen MR) is 136 cm³/mol. The Kier molecular flexibility index (Phi) is 8.95. The van der Waals surface area contributed by atoms with Crippen molar-refractivity contribution >= 4 is 41.0 Å². The van der Waals surface area contributed by atoms with Crippen molar-refractivity contribution in [3.8, 4) is 11.5 Å². The van der Waals surface area contributed by atoms with E-state index in [1.807, 2.05) is 25.1 Å². The minimum Gasteiger partial charge on any atom is -0.490 e. The number of nitro groups is 1. The van der Waals surface area contributed by atoms with Crippen LogP contribution in [0.1, 0.15) is 28.4 Å². The van der Waals surface area contributed by atoms with E-state index in [-0.39, 0.29) is 34.5 Å². The van der Waals surface area contributed by atoms with Crippen LogP contribution in [0.4, 0.5) is 11.4 Å². The highest BCUT2D eigenvalue weighted by Crippen LogP contribution is 2.36. The van der Waals surface area contributed by atoms with Gasteiger partial charge in [0.1, 0.15) is 0 Å². The molecule has 0 saturated heterocycles. The summed E-state index contributed by atoms with van der Waals surface area (Å²) in [5, 5.41) is 17.6. The molecule has 11 heteroatoms. The SMILES string of the molecule is CCOc1cc(/C=N/NC(=O)c2ccc([N+](=O)[O-])cc2)cc(Cl)c1OCC(=O)Nc1cccc(C)c1. The summed E-state index contributed by atoms with van der Waals surface area (Å²) >= 11 is 6.37. The number of hydrogen-bond acceptors (Lipinski definition) is 7. The molecule has 2 amide bonds. The number of amides is 2. The maximum atomic E-state index is 12.3. The number of nitrogens with one attached hydrogen (secondary N) is 2. The molecule has 2 N–H and O–H groups in total. The smallest absolute Gasteiger partial charge is 0.271 e. The van der Waals surface area contributed by atoms with Crippen molar-refractivity contribution < 1.29 is 24.0 Å². The largest absolute Gasteiger partial charge is 0.490 e. The number of non-ortho nitro benzene ring substituents is 1. The highest BCUT2D eigenvalue weighted by molar-refractivity contribution is 6.32. The van der Waals surface area contributed by atoms with Gasteiger partial charge in [-0.25, -0.2) is 5.43 Å². The number of anilines is 1. The number of aryl methyl sites for hydroxylation is 1. The van der Waals surface area contributed by atoms with Gasteiger partial charge in [0.15, 0.2) is 18.1 Å². The Bertz CT molecular complexity index is 1290. The fourth-order valence-electron chi connectivity index (χ4n) is 3.09. The maximum Gasteiger partial charge on any atom is 0.271 e. The van der Waals surface area contributed by atoms with Gasteiger partial charge in [-0.1, -0.05) is 23.7 Å². The molecule has 0 spiro atoms. The molecule has 0 aliphatic rings. The quantitative estimate of drug-likeness (QED) is 0.230. The number of benzene rings is 3. The number of hydrogen-bond donors (Lipinski definition) is 2. The Balaban J connectivity index is 1.65. The molecule has 0 aliphatic heterocycles. The third-order valence-electron chi connectivity index (χ3n) is 4.70. The Morgan fingerprint density at radius 3 is 2.53 bits per heavy atom. The molecule has 186 valence electrons. The number of nitrogens with zero attached hydrogens (tertiary/aromatic N) is 2. The third-order valence-corrected chi connectivity index (χ3v) is 4.98. The number of carbonyl (C=O) groups excluding carboxylic acids is 2. The van der Waals surface area contributed by atoms with Crippen LogP contribution in [0.3, 0.4) is 0 Å². The minimum absolute atomic E-state index is 0.122. The van der Waals surface area contributed by atoms with Gasteiger partial charge < -0.3 is 14.8 Å². The van der Waals surface area contributed by atoms with Crippen LogP contribution in [0, 0.1) is 17.0 Å². The van der Waals surface area contributed by atoms with E-state index in [0.29, 0.717) is 23.6 Å². The van der Waals surface area contributed by atoms with Gasteiger partial charge >= 0.3 is 0 Å². The lowest BCUT2D eigenvalue weighted by Gasteiger charge is -2.14. The zero-order valence-electron chi connectivity index (χ0n) is 19.5. The van der Waals surface area contributed by atoms with Crippen molar-refractivity contribution in [1.82, 2.24) is 5.43 Å². The first kappa shape index (κ1) is 26.2. The van der Waals surface area contributed by atoms with Crippen LogP contribution >= 0.6 is 11.6 Å². The van der Waals surface area contributed by atoms with Gasteiger partial charge in [0.2, 0.25) is 0 Å². The van der Waals surface area contributed by atoms with E-state index in [2.05, 4.69) is 15.8 Å². The van der Waals surface area contributed by atoms with E-state index in [9.17, 15) is 19.7 Å². The second kappa shape index (κ2) is 12.3. The zero-order valence-corrected chi connectivity index (χ0v) is 20.2. The maximum absolute atomic E-state index is 12.3. The number of ether oxygens (including phenoxy) is 2. The van der Waals surface area contributed by atoms with Gasteiger partial charge in [0.25, 0.3) is 17.5 Å². The predicted octanol–water partition coefficient (Wildman–Crippen LogP) is 4.74. The molecule has 0 unspecified atom stereocenters. The fraction of sp³-hybridized carbons (Fsp3) is 0.160. The van der Waals surface area contributed by atoms with Gasteiger partial charge in [-0.2, -0.15) is 5.10 Å². The van der Waals surface area contributed by atoms with Gasteiger partial charge in [-0.15, -0.1) is 0 Å². The molecule has 0 bridgehead atoms. The normalized spacial score (nSPS) is 10.6. The van der Waals surface area contributed by atoms with E-state index in [1.165, 1.54) is 30.5 Å². The Labute approximate surface area is 212 Å². The Morgan fingerprint density at radius 1 is 1.11 bits per heavy atom. The van der Waals surface area contributed by atoms with Crippen molar-refractivity contribution in [2.24, 2.45) is 5.10 Å².